The van der Waals surface area contributed by atoms with E-state index in [-0.39, 0.29) is 11.2 Å². The summed E-state index contributed by atoms with van der Waals surface area (Å²) >= 11 is 0.501. The third-order valence-electron chi connectivity index (χ3n) is 1.37. The normalized spacial score (nSPS) is 12.2. The molecule has 0 saturated heterocycles. The van der Waals surface area contributed by atoms with Crippen molar-refractivity contribution in [3.05, 3.63) is 11.0 Å². The van der Waals surface area contributed by atoms with E-state index in [1.807, 2.05) is 0 Å². The average Bonchev–Trinajstić information content (AvgIpc) is 2.14. The van der Waals surface area contributed by atoms with E-state index in [9.17, 15) is 35.9 Å². The van der Waals surface area contributed by atoms with E-state index in [2.05, 4.69) is 0 Å². The van der Waals surface area contributed by atoms with Crippen LogP contribution in [0.15, 0.2) is 11.0 Å². The zero-order chi connectivity index (χ0) is 13.9. The molecule has 0 aliphatic carbocycles. The maximum absolute atomic E-state index is 12.0. The number of allylic oxidation sites excluding steroid dienone is 1. The molecular weight excluding hydrogens is 274 g/mol. The Morgan fingerprint density at radius 3 is 1.59 bits per heavy atom. The predicted molar refractivity (Wildman–Crippen MR) is 48.3 cm³/mol. The zero-order valence-corrected chi connectivity index (χ0v) is 9.09. The Morgan fingerprint density at radius 1 is 1.00 bits per heavy atom. The monoisotopic (exact) mass is 280 g/mol. The lowest BCUT2D eigenvalue weighted by molar-refractivity contribution is -0.175. The van der Waals surface area contributed by atoms with Gasteiger partial charge in [0.05, 0.1) is 5.57 Å². The highest BCUT2D eigenvalue weighted by atomic mass is 32.2. The number of thioether (sulfide) groups is 1. The maximum Gasteiger partial charge on any atom is 0.455 e. The van der Waals surface area contributed by atoms with Crippen molar-refractivity contribution < 1.29 is 35.9 Å². The number of carbonyl (C=O) groups excluding carboxylic acids is 2. The van der Waals surface area contributed by atoms with Crippen LogP contribution in [0.2, 0.25) is 0 Å². The molecule has 0 saturated carbocycles. The smallest absolute Gasteiger partial charge is 0.284 e. The third kappa shape index (κ3) is 4.80. The minimum Gasteiger partial charge on any atom is -0.284 e. The molecule has 0 spiro atoms. The van der Waals surface area contributed by atoms with Crippen LogP contribution in [0.3, 0.4) is 0 Å². The third-order valence-corrected chi connectivity index (χ3v) is 2.11. The van der Waals surface area contributed by atoms with E-state index < -0.39 is 29.5 Å². The number of hydrogen-bond donors (Lipinski definition) is 0. The molecule has 17 heavy (non-hydrogen) atoms. The molecule has 0 bridgehead atoms. The molecular formula is C8H6F6O2S. The first-order valence-corrected chi connectivity index (χ1v) is 5.11. The Bertz CT molecular complexity index is 313. The zero-order valence-electron chi connectivity index (χ0n) is 8.28. The van der Waals surface area contributed by atoms with Crippen molar-refractivity contribution in [2.75, 3.05) is 5.75 Å². The molecule has 0 N–H and O–H groups in total. The van der Waals surface area contributed by atoms with Gasteiger partial charge in [-0.3, -0.25) is 9.59 Å². The largest absolute Gasteiger partial charge is 0.455 e. The van der Waals surface area contributed by atoms with Gasteiger partial charge in [-0.05, 0) is 11.2 Å². The fourth-order valence-electron chi connectivity index (χ4n) is 0.682. The standard InChI is InChI=1S/C8H6F6O2S/c1-2-17-3-4(5(15)7(9,10)11)6(16)8(12,13)14/h3H,2H2,1H3. The van der Waals surface area contributed by atoms with Gasteiger partial charge < -0.3 is 0 Å². The van der Waals surface area contributed by atoms with Gasteiger partial charge in [-0.1, -0.05) is 6.92 Å². The van der Waals surface area contributed by atoms with Crippen molar-refractivity contribution in [3.63, 3.8) is 0 Å². The molecule has 0 aliphatic rings. The SMILES string of the molecule is CCSC=C(C(=O)C(F)(F)F)C(=O)C(F)(F)F. The molecule has 2 nitrogen and oxygen atoms in total. The van der Waals surface area contributed by atoms with Crippen LogP contribution in [0.25, 0.3) is 0 Å². The molecule has 9 heteroatoms. The van der Waals surface area contributed by atoms with Crippen LogP contribution in [-0.2, 0) is 9.59 Å². The minimum atomic E-state index is -5.51. The van der Waals surface area contributed by atoms with Crippen LogP contribution in [0.1, 0.15) is 6.92 Å². The predicted octanol–water partition coefficient (Wildman–Crippen LogP) is 2.89. The van der Waals surface area contributed by atoms with E-state index in [4.69, 9.17) is 0 Å². The molecule has 0 aliphatic heterocycles. The van der Waals surface area contributed by atoms with Gasteiger partial charge in [-0.2, -0.15) is 26.3 Å². The molecule has 0 radical (unpaired) electrons. The van der Waals surface area contributed by atoms with Gasteiger partial charge in [0.15, 0.2) is 0 Å². The highest BCUT2D eigenvalue weighted by Gasteiger charge is 2.50. The summed E-state index contributed by atoms with van der Waals surface area (Å²) in [5, 5.41) is 0.283. The van der Waals surface area contributed by atoms with Crippen molar-refractivity contribution in [2.24, 2.45) is 0 Å². The minimum absolute atomic E-state index is 0.125. The van der Waals surface area contributed by atoms with Crippen molar-refractivity contribution >= 4 is 23.3 Å². The molecule has 0 rings (SSSR count). The Kier molecular flexibility index (Phi) is 5.24. The summed E-state index contributed by atoms with van der Waals surface area (Å²) in [7, 11) is 0. The summed E-state index contributed by atoms with van der Waals surface area (Å²) in [6.45, 7) is 1.44. The van der Waals surface area contributed by atoms with Gasteiger partial charge in [0.1, 0.15) is 0 Å². The van der Waals surface area contributed by atoms with Crippen LogP contribution >= 0.6 is 11.8 Å². The summed E-state index contributed by atoms with van der Waals surface area (Å²) in [5.41, 5.74) is -1.91. The molecule has 0 aromatic carbocycles. The van der Waals surface area contributed by atoms with Gasteiger partial charge in [-0.25, -0.2) is 0 Å². The van der Waals surface area contributed by atoms with E-state index in [0.29, 0.717) is 11.8 Å². The van der Waals surface area contributed by atoms with Crippen molar-refractivity contribution in [2.45, 2.75) is 19.3 Å². The second-order valence-electron chi connectivity index (χ2n) is 2.64. The summed E-state index contributed by atoms with van der Waals surface area (Å²) in [5.74, 6) is -5.46. The first-order valence-electron chi connectivity index (χ1n) is 4.06. The lowest BCUT2D eigenvalue weighted by Gasteiger charge is -2.10. The molecule has 0 heterocycles. The number of Topliss-reactive ketones (excluding diaryl/α,β-unsaturated/α-hetero) is 2. The van der Waals surface area contributed by atoms with E-state index in [1.54, 1.807) is 0 Å². The fraction of sp³-hybridized carbons (Fsp3) is 0.500. The number of carbonyl (C=O) groups is 2. The van der Waals surface area contributed by atoms with Gasteiger partial charge >= 0.3 is 12.4 Å². The van der Waals surface area contributed by atoms with Gasteiger partial charge in [0, 0.05) is 0 Å². The van der Waals surface area contributed by atoms with Gasteiger partial charge in [0.25, 0.3) is 11.6 Å². The second kappa shape index (κ2) is 5.56. The first kappa shape index (κ1) is 16.0. The van der Waals surface area contributed by atoms with Crippen LogP contribution in [0, 0.1) is 0 Å². The number of halogens is 6. The molecule has 98 valence electrons. The van der Waals surface area contributed by atoms with Crippen molar-refractivity contribution in [1.29, 1.82) is 0 Å². The van der Waals surface area contributed by atoms with E-state index in [0.717, 1.165) is 0 Å². The molecule has 0 aromatic rings. The highest BCUT2D eigenvalue weighted by Crippen LogP contribution is 2.28. The first-order chi connectivity index (χ1) is 7.51. The Morgan fingerprint density at radius 2 is 1.35 bits per heavy atom. The number of hydrogen-bond acceptors (Lipinski definition) is 3. The highest BCUT2D eigenvalue weighted by molar-refractivity contribution is 8.02. The molecule has 0 aromatic heterocycles. The summed E-state index contributed by atoms with van der Waals surface area (Å²) < 4.78 is 71.7. The van der Waals surface area contributed by atoms with Crippen LogP contribution in [0.5, 0.6) is 0 Å². The topological polar surface area (TPSA) is 34.1 Å². The fourth-order valence-corrected chi connectivity index (χ4v) is 1.23. The molecule has 0 unspecified atom stereocenters. The number of alkyl halides is 6. The van der Waals surface area contributed by atoms with E-state index in [1.165, 1.54) is 6.92 Å². The molecule has 0 amide bonds. The Labute approximate surface area is 96.0 Å². The lowest BCUT2D eigenvalue weighted by Crippen LogP contribution is -2.34. The average molecular weight is 280 g/mol. The Hall–Kier alpha value is -0.990. The van der Waals surface area contributed by atoms with Crippen molar-refractivity contribution in [3.8, 4) is 0 Å². The summed E-state index contributed by atoms with van der Waals surface area (Å²) in [6, 6.07) is 0. The van der Waals surface area contributed by atoms with Crippen molar-refractivity contribution in [1.82, 2.24) is 0 Å². The molecule has 0 fully saturated rings. The maximum atomic E-state index is 12.0. The summed E-state index contributed by atoms with van der Waals surface area (Å²) in [4.78, 5) is 21.3. The second-order valence-corrected chi connectivity index (χ2v) is 3.79. The van der Waals surface area contributed by atoms with Crippen LogP contribution in [-0.4, -0.2) is 29.7 Å². The summed E-state index contributed by atoms with van der Waals surface area (Å²) in [6.07, 6.45) is -11.0. The quantitative estimate of drug-likeness (QED) is 0.344. The molecule has 0 atom stereocenters. The number of ketones is 2. The van der Waals surface area contributed by atoms with E-state index >= 15 is 0 Å². The van der Waals surface area contributed by atoms with Gasteiger partial charge in [0.2, 0.25) is 0 Å². The number of rotatable bonds is 4. The lowest BCUT2D eigenvalue weighted by atomic mass is 10.1. The Balaban J connectivity index is 5.32. The van der Waals surface area contributed by atoms with Crippen LogP contribution < -0.4 is 0 Å². The van der Waals surface area contributed by atoms with Crippen LogP contribution in [0.4, 0.5) is 26.3 Å². The van der Waals surface area contributed by atoms with Gasteiger partial charge in [-0.15, -0.1) is 11.8 Å².